The zero-order valence-corrected chi connectivity index (χ0v) is 17.4. The Morgan fingerprint density at radius 1 is 1.03 bits per heavy atom. The smallest absolute Gasteiger partial charge is 0.343 e. The van der Waals surface area contributed by atoms with Gasteiger partial charge in [0.05, 0.1) is 11.3 Å². The van der Waals surface area contributed by atoms with Crippen LogP contribution in [0.25, 0.3) is 6.08 Å². The van der Waals surface area contributed by atoms with Crippen molar-refractivity contribution in [2.45, 2.75) is 26.7 Å². The summed E-state index contributed by atoms with van der Waals surface area (Å²) in [5.41, 5.74) is 12.4. The number of ether oxygens (including phenoxy) is 1. The molecule has 0 aromatic heterocycles. The number of amides is 1. The summed E-state index contributed by atoms with van der Waals surface area (Å²) in [6, 6.07) is 13.4. The Bertz CT molecular complexity index is 899. The van der Waals surface area contributed by atoms with E-state index in [4.69, 9.17) is 16.2 Å². The number of likely N-dealkylation sites (N-methyl/N-ethyl adjacent to an activating group) is 1. The molecule has 0 heterocycles. The Morgan fingerprint density at radius 3 is 2.27 bits per heavy atom. The second kappa shape index (κ2) is 11.4. The Kier molecular flexibility index (Phi) is 8.62. The van der Waals surface area contributed by atoms with Crippen molar-refractivity contribution in [1.29, 1.82) is 0 Å². The minimum Gasteiger partial charge on any atom is -0.423 e. The fourth-order valence-electron chi connectivity index (χ4n) is 2.68. The van der Waals surface area contributed by atoms with Gasteiger partial charge in [0.1, 0.15) is 5.75 Å². The van der Waals surface area contributed by atoms with E-state index in [0.717, 1.165) is 24.9 Å². The summed E-state index contributed by atoms with van der Waals surface area (Å²) in [6.45, 7) is 5.52. The van der Waals surface area contributed by atoms with Crippen LogP contribution in [0.1, 0.15) is 42.6 Å². The molecule has 0 atom stereocenters. The van der Waals surface area contributed by atoms with E-state index in [-0.39, 0.29) is 11.9 Å². The number of unbranched alkanes of at least 4 members (excludes halogenated alkanes) is 1. The molecule has 1 amide bonds. The van der Waals surface area contributed by atoms with Crippen molar-refractivity contribution in [2.75, 3.05) is 13.1 Å². The van der Waals surface area contributed by atoms with Crippen LogP contribution in [0.2, 0.25) is 0 Å². The zero-order valence-electron chi connectivity index (χ0n) is 17.4. The largest absolute Gasteiger partial charge is 0.423 e. The minimum atomic E-state index is -0.487. The molecule has 2 aromatic carbocycles. The molecule has 0 aliphatic carbocycles. The molecular weight excluding hydrogens is 380 g/mol. The summed E-state index contributed by atoms with van der Waals surface area (Å²) in [6.07, 6.45) is 5.36. The number of aliphatic imine (C=N–C) groups is 1. The molecule has 0 bridgehead atoms. The number of rotatable bonds is 9. The van der Waals surface area contributed by atoms with E-state index in [0.29, 0.717) is 23.5 Å². The van der Waals surface area contributed by atoms with Crippen LogP contribution in [0.4, 0.5) is 5.69 Å². The average Bonchev–Trinajstić information content (AvgIpc) is 2.74. The SMILES string of the molecule is CCCCN(CC)C(=O)/C=C/c1ccc(OC(=O)c2ccc(N=C(N)N)cc2)cc1. The van der Waals surface area contributed by atoms with Crippen LogP contribution < -0.4 is 16.2 Å². The summed E-state index contributed by atoms with van der Waals surface area (Å²) in [5, 5.41) is 0. The number of benzene rings is 2. The van der Waals surface area contributed by atoms with Crippen LogP contribution in [0.3, 0.4) is 0 Å². The molecule has 0 aliphatic rings. The Balaban J connectivity index is 1.96. The van der Waals surface area contributed by atoms with Crippen LogP contribution in [0.15, 0.2) is 59.6 Å². The second-order valence-electron chi connectivity index (χ2n) is 6.65. The van der Waals surface area contributed by atoms with Crippen LogP contribution in [-0.2, 0) is 4.79 Å². The zero-order chi connectivity index (χ0) is 21.9. The third-order valence-corrected chi connectivity index (χ3v) is 4.35. The molecule has 0 saturated carbocycles. The minimum absolute atomic E-state index is 0.00868. The van der Waals surface area contributed by atoms with Crippen molar-refractivity contribution in [2.24, 2.45) is 16.5 Å². The van der Waals surface area contributed by atoms with Crippen molar-refractivity contribution in [3.8, 4) is 5.75 Å². The maximum absolute atomic E-state index is 12.3. The molecule has 0 saturated heterocycles. The number of carbonyl (C=O) groups excluding carboxylic acids is 2. The Hall–Kier alpha value is -3.61. The van der Waals surface area contributed by atoms with Gasteiger partial charge >= 0.3 is 5.97 Å². The first kappa shape index (κ1) is 22.7. The highest BCUT2D eigenvalue weighted by molar-refractivity contribution is 5.92. The standard InChI is InChI=1S/C23H28N4O3/c1-3-5-16-27(4-2)21(28)15-8-17-6-13-20(14-7-17)30-22(29)18-9-11-19(12-10-18)26-23(24)25/h6-15H,3-5,16H2,1-2H3,(H4,24,25,26)/b15-8+. The van der Waals surface area contributed by atoms with Gasteiger partial charge in [-0.1, -0.05) is 25.5 Å². The first-order valence-corrected chi connectivity index (χ1v) is 9.91. The van der Waals surface area contributed by atoms with Gasteiger partial charge in [0.2, 0.25) is 5.91 Å². The number of nitrogens with two attached hydrogens (primary N) is 2. The average molecular weight is 409 g/mol. The fourth-order valence-corrected chi connectivity index (χ4v) is 2.68. The lowest BCUT2D eigenvalue weighted by Crippen LogP contribution is -2.30. The van der Waals surface area contributed by atoms with Gasteiger partial charge in [0.25, 0.3) is 0 Å². The maximum atomic E-state index is 12.3. The van der Waals surface area contributed by atoms with E-state index in [9.17, 15) is 9.59 Å². The lowest BCUT2D eigenvalue weighted by atomic mass is 10.2. The number of nitrogens with zero attached hydrogens (tertiary/aromatic N) is 2. The van der Waals surface area contributed by atoms with Gasteiger partial charge in [0.15, 0.2) is 5.96 Å². The van der Waals surface area contributed by atoms with Gasteiger partial charge in [-0.25, -0.2) is 9.79 Å². The van der Waals surface area contributed by atoms with E-state index in [1.165, 1.54) is 0 Å². The van der Waals surface area contributed by atoms with Crippen LogP contribution in [0.5, 0.6) is 5.75 Å². The number of esters is 1. The highest BCUT2D eigenvalue weighted by atomic mass is 16.5. The van der Waals surface area contributed by atoms with Gasteiger partial charge in [-0.05, 0) is 61.4 Å². The summed E-state index contributed by atoms with van der Waals surface area (Å²) in [4.78, 5) is 30.2. The molecule has 4 N–H and O–H groups in total. The number of guanidine groups is 1. The van der Waals surface area contributed by atoms with E-state index in [1.807, 2.05) is 11.8 Å². The molecule has 30 heavy (non-hydrogen) atoms. The van der Waals surface area contributed by atoms with E-state index < -0.39 is 5.97 Å². The van der Waals surface area contributed by atoms with Crippen molar-refractivity contribution >= 4 is 29.6 Å². The highest BCUT2D eigenvalue weighted by Gasteiger charge is 2.09. The topological polar surface area (TPSA) is 111 Å². The van der Waals surface area contributed by atoms with Gasteiger partial charge in [-0.15, -0.1) is 0 Å². The lowest BCUT2D eigenvalue weighted by molar-refractivity contribution is -0.125. The first-order valence-electron chi connectivity index (χ1n) is 9.91. The predicted octanol–water partition coefficient (Wildman–Crippen LogP) is 3.47. The molecule has 0 spiro atoms. The normalized spacial score (nSPS) is 10.6. The quantitative estimate of drug-likeness (QED) is 0.217. The van der Waals surface area contributed by atoms with Crippen molar-refractivity contribution in [1.82, 2.24) is 4.90 Å². The molecule has 2 rings (SSSR count). The van der Waals surface area contributed by atoms with Crippen LogP contribution >= 0.6 is 0 Å². The van der Waals surface area contributed by atoms with E-state index in [1.54, 1.807) is 60.7 Å². The predicted molar refractivity (Wildman–Crippen MR) is 120 cm³/mol. The fraction of sp³-hybridized carbons (Fsp3) is 0.261. The molecule has 0 radical (unpaired) electrons. The van der Waals surface area contributed by atoms with Gasteiger partial charge in [-0.3, -0.25) is 4.79 Å². The van der Waals surface area contributed by atoms with E-state index >= 15 is 0 Å². The van der Waals surface area contributed by atoms with Crippen LogP contribution in [-0.4, -0.2) is 35.8 Å². The van der Waals surface area contributed by atoms with Gasteiger partial charge in [-0.2, -0.15) is 0 Å². The molecule has 0 aliphatic heterocycles. The van der Waals surface area contributed by atoms with Crippen LogP contribution in [0, 0.1) is 0 Å². The third kappa shape index (κ3) is 7.09. The number of carbonyl (C=O) groups is 2. The maximum Gasteiger partial charge on any atom is 0.343 e. The van der Waals surface area contributed by atoms with Crippen molar-refractivity contribution < 1.29 is 14.3 Å². The van der Waals surface area contributed by atoms with Crippen molar-refractivity contribution in [3.05, 3.63) is 65.7 Å². The summed E-state index contributed by atoms with van der Waals surface area (Å²) in [7, 11) is 0. The molecular formula is C23H28N4O3. The summed E-state index contributed by atoms with van der Waals surface area (Å²) < 4.78 is 5.38. The Labute approximate surface area is 177 Å². The highest BCUT2D eigenvalue weighted by Crippen LogP contribution is 2.17. The molecule has 158 valence electrons. The lowest BCUT2D eigenvalue weighted by Gasteiger charge is -2.18. The molecule has 2 aromatic rings. The monoisotopic (exact) mass is 408 g/mol. The Morgan fingerprint density at radius 2 is 1.70 bits per heavy atom. The molecule has 0 unspecified atom stereocenters. The number of hydrogen-bond acceptors (Lipinski definition) is 4. The van der Waals surface area contributed by atoms with Crippen molar-refractivity contribution in [3.63, 3.8) is 0 Å². The first-order chi connectivity index (χ1) is 14.4. The second-order valence-corrected chi connectivity index (χ2v) is 6.65. The van der Waals surface area contributed by atoms with Gasteiger partial charge < -0.3 is 21.1 Å². The summed E-state index contributed by atoms with van der Waals surface area (Å²) >= 11 is 0. The molecule has 7 heteroatoms. The van der Waals surface area contributed by atoms with E-state index in [2.05, 4.69) is 11.9 Å². The van der Waals surface area contributed by atoms with Gasteiger partial charge in [0, 0.05) is 19.2 Å². The number of hydrogen-bond donors (Lipinski definition) is 2. The molecule has 7 nitrogen and oxygen atoms in total. The molecule has 0 fully saturated rings. The summed E-state index contributed by atoms with van der Waals surface area (Å²) in [5.74, 6) is -0.135. The third-order valence-electron chi connectivity index (χ3n) is 4.35.